The van der Waals surface area contributed by atoms with Crippen LogP contribution in [0.25, 0.3) is 0 Å². The molecule has 1 heterocycles. The number of hydrogen-bond donors (Lipinski definition) is 2. The predicted molar refractivity (Wildman–Crippen MR) is 107 cm³/mol. The zero-order chi connectivity index (χ0) is 20.3. The van der Waals surface area contributed by atoms with Gasteiger partial charge in [-0.05, 0) is 32.0 Å². The first kappa shape index (κ1) is 24.3. The predicted octanol–water partition coefficient (Wildman–Crippen LogP) is 2.07. The van der Waals surface area contributed by atoms with E-state index in [1.165, 1.54) is 0 Å². The summed E-state index contributed by atoms with van der Waals surface area (Å²) in [6.07, 6.45) is -1.83. The van der Waals surface area contributed by atoms with Crippen molar-refractivity contribution in [2.24, 2.45) is 0 Å². The second-order valence-corrected chi connectivity index (χ2v) is 15.2. The van der Waals surface area contributed by atoms with Crippen molar-refractivity contribution in [2.75, 3.05) is 13.2 Å². The molecule has 154 valence electrons. The van der Waals surface area contributed by atoms with E-state index in [-0.39, 0.29) is 30.4 Å². The first-order valence-electron chi connectivity index (χ1n) is 9.37. The Balaban J connectivity index is 2.84. The molecule has 2 N–H and O–H groups in total. The van der Waals surface area contributed by atoms with Crippen LogP contribution in [-0.4, -0.2) is 69.8 Å². The maximum atomic E-state index is 12.7. The molecule has 0 aromatic heterocycles. The van der Waals surface area contributed by atoms with Gasteiger partial charge in [-0.1, -0.05) is 20.8 Å². The SMILES string of the molecule is B[C@@H]1O[C@H](C(O)C(O)P(=O)(OCC)OCC)CC1O[Si](C)(C)C(C)(C)C. The normalized spacial score (nSPS) is 27.5. The Labute approximate surface area is 159 Å². The molecule has 1 aliphatic heterocycles. The topological polar surface area (TPSA) is 94.5 Å². The highest BCUT2D eigenvalue weighted by Crippen LogP contribution is 2.54. The van der Waals surface area contributed by atoms with Crippen molar-refractivity contribution >= 4 is 23.8 Å². The fraction of sp³-hybridized carbons (Fsp3) is 1.00. The van der Waals surface area contributed by atoms with E-state index in [0.29, 0.717) is 6.42 Å². The molecule has 10 heteroatoms. The van der Waals surface area contributed by atoms with Crippen LogP contribution in [-0.2, 0) is 22.8 Å². The maximum absolute atomic E-state index is 12.7. The second kappa shape index (κ2) is 9.18. The van der Waals surface area contributed by atoms with Crippen LogP contribution < -0.4 is 0 Å². The van der Waals surface area contributed by atoms with Crippen molar-refractivity contribution in [3.8, 4) is 0 Å². The highest BCUT2D eigenvalue weighted by molar-refractivity contribution is 7.54. The van der Waals surface area contributed by atoms with Crippen LogP contribution in [0.5, 0.6) is 0 Å². The summed E-state index contributed by atoms with van der Waals surface area (Å²) in [6, 6.07) is -0.227. The molecule has 0 bridgehead atoms. The van der Waals surface area contributed by atoms with Crippen LogP contribution >= 0.6 is 7.60 Å². The highest BCUT2D eigenvalue weighted by atomic mass is 31.2. The molecule has 0 radical (unpaired) electrons. The van der Waals surface area contributed by atoms with Gasteiger partial charge in [0, 0.05) is 12.4 Å². The highest BCUT2D eigenvalue weighted by Gasteiger charge is 2.49. The van der Waals surface area contributed by atoms with Crippen LogP contribution in [0.4, 0.5) is 0 Å². The summed E-state index contributed by atoms with van der Waals surface area (Å²) in [5, 5.41) is 21.0. The minimum atomic E-state index is -3.83. The molecule has 5 atom stereocenters. The molecule has 3 unspecified atom stereocenters. The first-order valence-corrected chi connectivity index (χ1v) is 13.9. The fourth-order valence-electron chi connectivity index (χ4n) is 2.69. The first-order chi connectivity index (χ1) is 11.8. The molecule has 1 aliphatic rings. The molecule has 0 saturated carbocycles. The summed E-state index contributed by atoms with van der Waals surface area (Å²) < 4.78 is 35.2. The van der Waals surface area contributed by atoms with Gasteiger partial charge in [-0.2, -0.15) is 0 Å². The number of hydrogen-bond acceptors (Lipinski definition) is 7. The molecule has 0 spiro atoms. The quantitative estimate of drug-likeness (QED) is 0.444. The summed E-state index contributed by atoms with van der Waals surface area (Å²) >= 11 is 0. The zero-order valence-corrected chi connectivity index (χ0v) is 19.3. The Morgan fingerprint density at radius 3 is 2.15 bits per heavy atom. The molecule has 0 aromatic carbocycles. The van der Waals surface area contributed by atoms with E-state index in [0.717, 1.165) is 0 Å². The van der Waals surface area contributed by atoms with Gasteiger partial charge in [0.05, 0.1) is 25.4 Å². The van der Waals surface area contributed by atoms with E-state index in [2.05, 4.69) is 33.9 Å². The van der Waals surface area contributed by atoms with E-state index in [1.807, 2.05) is 7.85 Å². The molecular weight excluding hydrogens is 374 g/mol. The third kappa shape index (κ3) is 5.64. The summed E-state index contributed by atoms with van der Waals surface area (Å²) in [4.78, 5) is 0. The van der Waals surface area contributed by atoms with Crippen molar-refractivity contribution < 1.29 is 33.0 Å². The number of rotatable bonds is 9. The third-order valence-corrected chi connectivity index (χ3v) is 12.0. The standard InChI is InChI=1S/C16H36BO7PSi/c1-8-21-25(20,22-9-2)15(19)13(18)11-10-12(14(17)23-11)24-26(6,7)16(3,4)5/h11-15,18-19H,8-10,17H2,1-7H3/t11-,12?,13?,14+,15?/m0/s1. The Kier molecular flexibility index (Phi) is 8.58. The molecule has 0 aromatic rings. The molecule has 26 heavy (non-hydrogen) atoms. The molecule has 1 saturated heterocycles. The summed E-state index contributed by atoms with van der Waals surface area (Å²) in [5.41, 5.74) is 0. The second-order valence-electron chi connectivity index (χ2n) is 8.31. The number of ether oxygens (including phenoxy) is 1. The van der Waals surface area contributed by atoms with Crippen molar-refractivity contribution in [1.29, 1.82) is 0 Å². The number of aliphatic hydroxyl groups is 2. The van der Waals surface area contributed by atoms with E-state index in [1.54, 1.807) is 13.8 Å². The van der Waals surface area contributed by atoms with Gasteiger partial charge in [0.1, 0.15) is 14.0 Å². The van der Waals surface area contributed by atoms with Crippen molar-refractivity contribution in [2.45, 2.75) is 89.3 Å². The fourth-order valence-corrected chi connectivity index (χ4v) is 5.75. The van der Waals surface area contributed by atoms with Crippen molar-refractivity contribution in [3.63, 3.8) is 0 Å². The average Bonchev–Trinajstić information content (AvgIpc) is 2.85. The van der Waals surface area contributed by atoms with Gasteiger partial charge >= 0.3 is 7.60 Å². The van der Waals surface area contributed by atoms with Crippen LogP contribution in [0, 0.1) is 0 Å². The van der Waals surface area contributed by atoms with Gasteiger partial charge in [0.2, 0.25) is 0 Å². The molecule has 1 rings (SSSR count). The summed E-state index contributed by atoms with van der Waals surface area (Å²) in [6.45, 7) is 14.3. The largest absolute Gasteiger partial charge is 0.412 e. The van der Waals surface area contributed by atoms with Crippen LogP contribution in [0.15, 0.2) is 0 Å². The average molecular weight is 410 g/mol. The van der Waals surface area contributed by atoms with Gasteiger partial charge in [0.15, 0.2) is 14.2 Å². The lowest BCUT2D eigenvalue weighted by Crippen LogP contribution is -2.46. The number of aliphatic hydroxyl groups excluding tert-OH is 2. The van der Waals surface area contributed by atoms with Crippen molar-refractivity contribution in [3.05, 3.63) is 0 Å². The molecule has 0 aliphatic carbocycles. The van der Waals surface area contributed by atoms with E-state index < -0.39 is 34.0 Å². The zero-order valence-electron chi connectivity index (χ0n) is 17.4. The van der Waals surface area contributed by atoms with Crippen LogP contribution in [0.3, 0.4) is 0 Å². The molecule has 0 amide bonds. The monoisotopic (exact) mass is 410 g/mol. The molecular formula is C16H36BO7PSi. The van der Waals surface area contributed by atoms with Gasteiger partial charge < -0.3 is 28.4 Å². The maximum Gasteiger partial charge on any atom is 0.361 e. The van der Waals surface area contributed by atoms with Gasteiger partial charge in [-0.25, -0.2) is 0 Å². The lowest BCUT2D eigenvalue weighted by Gasteiger charge is -2.39. The minimum absolute atomic E-state index is 0.0581. The molecule has 1 fully saturated rings. The Hall–Kier alpha value is 0.272. The summed E-state index contributed by atoms with van der Waals surface area (Å²) in [5.74, 6) is -1.66. The Bertz CT molecular complexity index is 489. The van der Waals surface area contributed by atoms with Crippen molar-refractivity contribution in [1.82, 2.24) is 0 Å². The van der Waals surface area contributed by atoms with Crippen LogP contribution in [0.1, 0.15) is 41.0 Å². The lowest BCUT2D eigenvalue weighted by molar-refractivity contribution is -0.0586. The Morgan fingerprint density at radius 2 is 1.73 bits per heavy atom. The van der Waals surface area contributed by atoms with Gasteiger partial charge in [0.25, 0.3) is 0 Å². The minimum Gasteiger partial charge on any atom is -0.412 e. The third-order valence-electron chi connectivity index (χ3n) is 5.26. The van der Waals surface area contributed by atoms with Gasteiger partial charge in [-0.3, -0.25) is 4.57 Å². The Morgan fingerprint density at radius 1 is 1.23 bits per heavy atom. The lowest BCUT2D eigenvalue weighted by atomic mass is 9.94. The smallest absolute Gasteiger partial charge is 0.361 e. The van der Waals surface area contributed by atoms with Crippen LogP contribution in [0.2, 0.25) is 18.1 Å². The van der Waals surface area contributed by atoms with Gasteiger partial charge in [-0.15, -0.1) is 0 Å². The van der Waals surface area contributed by atoms with E-state index in [9.17, 15) is 14.8 Å². The van der Waals surface area contributed by atoms with E-state index in [4.69, 9.17) is 18.2 Å². The summed E-state index contributed by atoms with van der Waals surface area (Å²) in [7, 11) is -3.94. The van der Waals surface area contributed by atoms with E-state index >= 15 is 0 Å². The molecule has 7 nitrogen and oxygen atoms in total.